The third-order valence-electron chi connectivity index (χ3n) is 2.43. The van der Waals surface area contributed by atoms with Crippen molar-refractivity contribution >= 4 is 45.2 Å². The lowest BCUT2D eigenvalue weighted by Crippen LogP contribution is -2.25. The summed E-state index contributed by atoms with van der Waals surface area (Å²) in [5.41, 5.74) is 1.59. The Labute approximate surface area is 106 Å². The summed E-state index contributed by atoms with van der Waals surface area (Å²) in [6.07, 6.45) is 0. The van der Waals surface area contributed by atoms with E-state index in [9.17, 15) is 0 Å². The van der Waals surface area contributed by atoms with Crippen LogP contribution in [0, 0.1) is 3.57 Å². The molecule has 1 aliphatic rings. The predicted octanol–water partition coefficient (Wildman–Crippen LogP) is 3.38. The first kappa shape index (κ1) is 10.0. The van der Waals surface area contributed by atoms with Crippen molar-refractivity contribution in [3.63, 3.8) is 0 Å². The Morgan fingerprint density at radius 2 is 2.31 bits per heavy atom. The van der Waals surface area contributed by atoms with E-state index in [1.54, 1.807) is 0 Å². The highest BCUT2D eigenvalue weighted by Gasteiger charge is 2.35. The normalized spacial score (nSPS) is 25.5. The van der Waals surface area contributed by atoms with Gasteiger partial charge in [-0.15, -0.1) is 0 Å². The average Bonchev–Trinajstić information content (AvgIpc) is 2.45. The second-order valence-corrected chi connectivity index (χ2v) is 5.63. The molecule has 0 radical (unpaired) electrons. The highest BCUT2D eigenvalue weighted by Crippen LogP contribution is 2.40. The van der Waals surface area contributed by atoms with Gasteiger partial charge in [-0.25, -0.2) is 0 Å². The molecule has 1 atom stereocenters. The maximum Gasteiger partial charge on any atom is 0.123 e. The Kier molecular flexibility index (Phi) is 2.75. The standard InChI is InChI=1S/C10H10I2O/c1-10(5-11)6-13-9-3-2-7(12)4-8(9)10/h2-4H,5-6H2,1H3. The first-order valence-corrected chi connectivity index (χ1v) is 6.75. The molecule has 0 N–H and O–H groups in total. The van der Waals surface area contributed by atoms with Crippen molar-refractivity contribution in [2.45, 2.75) is 12.3 Å². The van der Waals surface area contributed by atoms with Crippen LogP contribution in [-0.2, 0) is 5.41 Å². The molecule has 13 heavy (non-hydrogen) atoms. The van der Waals surface area contributed by atoms with Crippen LogP contribution in [0.1, 0.15) is 12.5 Å². The average molecular weight is 400 g/mol. The number of ether oxygens (including phenoxy) is 1. The molecule has 0 bridgehead atoms. The summed E-state index contributed by atoms with van der Waals surface area (Å²) >= 11 is 4.78. The van der Waals surface area contributed by atoms with Gasteiger partial charge in [-0.2, -0.15) is 0 Å². The number of fused-ring (bicyclic) bond motifs is 1. The van der Waals surface area contributed by atoms with Gasteiger partial charge in [-0.3, -0.25) is 0 Å². The summed E-state index contributed by atoms with van der Waals surface area (Å²) in [7, 11) is 0. The van der Waals surface area contributed by atoms with Crippen LogP contribution in [0.5, 0.6) is 5.75 Å². The fourth-order valence-corrected chi connectivity index (χ4v) is 2.65. The molecule has 1 aromatic rings. The Balaban J connectivity index is 2.52. The minimum atomic E-state index is 0.219. The molecule has 1 nitrogen and oxygen atoms in total. The van der Waals surface area contributed by atoms with E-state index in [4.69, 9.17) is 4.74 Å². The molecule has 1 aliphatic heterocycles. The zero-order valence-electron chi connectivity index (χ0n) is 7.31. The third-order valence-corrected chi connectivity index (χ3v) is 4.79. The smallest absolute Gasteiger partial charge is 0.123 e. The molecule has 0 aromatic heterocycles. The van der Waals surface area contributed by atoms with Crippen LogP contribution in [-0.4, -0.2) is 11.0 Å². The van der Waals surface area contributed by atoms with Gasteiger partial charge in [0.15, 0.2) is 0 Å². The first-order valence-electron chi connectivity index (χ1n) is 4.14. The maximum absolute atomic E-state index is 5.65. The quantitative estimate of drug-likeness (QED) is 0.519. The molecule has 0 amide bonds. The van der Waals surface area contributed by atoms with Crippen molar-refractivity contribution in [1.29, 1.82) is 0 Å². The fourth-order valence-electron chi connectivity index (χ4n) is 1.53. The van der Waals surface area contributed by atoms with Crippen LogP contribution >= 0.6 is 45.2 Å². The van der Waals surface area contributed by atoms with Crippen molar-refractivity contribution in [2.75, 3.05) is 11.0 Å². The molecule has 2 rings (SSSR count). The van der Waals surface area contributed by atoms with Crippen molar-refractivity contribution in [3.8, 4) is 5.75 Å². The van der Waals surface area contributed by atoms with Crippen LogP contribution < -0.4 is 4.74 Å². The summed E-state index contributed by atoms with van der Waals surface area (Å²) in [4.78, 5) is 0. The number of hydrogen-bond donors (Lipinski definition) is 0. The minimum Gasteiger partial charge on any atom is -0.492 e. The number of rotatable bonds is 1. The molecular weight excluding hydrogens is 390 g/mol. The minimum absolute atomic E-state index is 0.219. The topological polar surface area (TPSA) is 9.23 Å². The zero-order valence-corrected chi connectivity index (χ0v) is 11.6. The Morgan fingerprint density at radius 1 is 1.54 bits per heavy atom. The summed E-state index contributed by atoms with van der Waals surface area (Å²) in [5, 5.41) is 0. The molecule has 1 heterocycles. The van der Waals surface area contributed by atoms with Gasteiger partial charge in [-0.1, -0.05) is 29.5 Å². The SMILES string of the molecule is CC1(CI)COc2ccc(I)cc21. The van der Waals surface area contributed by atoms with E-state index in [0.29, 0.717) is 0 Å². The van der Waals surface area contributed by atoms with E-state index in [-0.39, 0.29) is 5.41 Å². The fraction of sp³-hybridized carbons (Fsp3) is 0.400. The lowest BCUT2D eigenvalue weighted by Gasteiger charge is -2.18. The predicted molar refractivity (Wildman–Crippen MR) is 70.9 cm³/mol. The second kappa shape index (κ2) is 3.56. The van der Waals surface area contributed by atoms with E-state index in [2.05, 4.69) is 70.3 Å². The maximum atomic E-state index is 5.65. The molecule has 0 fully saturated rings. The second-order valence-electron chi connectivity index (χ2n) is 3.62. The van der Waals surface area contributed by atoms with Gasteiger partial charge >= 0.3 is 0 Å². The van der Waals surface area contributed by atoms with Gasteiger partial charge in [-0.05, 0) is 40.8 Å². The van der Waals surface area contributed by atoms with Gasteiger partial charge < -0.3 is 4.74 Å². The first-order chi connectivity index (χ1) is 6.15. The lowest BCUT2D eigenvalue weighted by molar-refractivity contribution is 0.295. The lowest BCUT2D eigenvalue weighted by atomic mass is 9.87. The highest BCUT2D eigenvalue weighted by molar-refractivity contribution is 14.1. The molecule has 0 saturated carbocycles. The van der Waals surface area contributed by atoms with E-state index >= 15 is 0 Å². The monoisotopic (exact) mass is 400 g/mol. The van der Waals surface area contributed by atoms with Gasteiger partial charge in [0.2, 0.25) is 0 Å². The van der Waals surface area contributed by atoms with Crippen LogP contribution in [0.25, 0.3) is 0 Å². The molecule has 70 valence electrons. The van der Waals surface area contributed by atoms with E-state index in [1.807, 2.05) is 0 Å². The molecule has 0 aliphatic carbocycles. The molecule has 0 spiro atoms. The van der Waals surface area contributed by atoms with Crippen LogP contribution in [0.4, 0.5) is 0 Å². The summed E-state index contributed by atoms with van der Waals surface area (Å²) in [6.45, 7) is 3.09. The van der Waals surface area contributed by atoms with Crippen molar-refractivity contribution in [3.05, 3.63) is 27.3 Å². The van der Waals surface area contributed by atoms with Gasteiger partial charge in [0.1, 0.15) is 5.75 Å². The van der Waals surface area contributed by atoms with E-state index < -0.39 is 0 Å². The van der Waals surface area contributed by atoms with Crippen molar-refractivity contribution < 1.29 is 4.74 Å². The van der Waals surface area contributed by atoms with Gasteiger partial charge in [0.25, 0.3) is 0 Å². The number of benzene rings is 1. The Morgan fingerprint density at radius 3 is 3.00 bits per heavy atom. The molecule has 1 unspecified atom stereocenters. The summed E-state index contributed by atoms with van der Waals surface area (Å²) in [5.74, 6) is 1.07. The Hall–Kier alpha value is 0.480. The summed E-state index contributed by atoms with van der Waals surface area (Å²) in [6, 6.07) is 6.41. The molecule has 3 heteroatoms. The van der Waals surface area contributed by atoms with Crippen LogP contribution in [0.2, 0.25) is 0 Å². The number of halogens is 2. The van der Waals surface area contributed by atoms with E-state index in [1.165, 1.54) is 9.13 Å². The van der Waals surface area contributed by atoms with Gasteiger partial charge in [0.05, 0.1) is 6.61 Å². The Bertz CT molecular complexity index is 338. The van der Waals surface area contributed by atoms with Gasteiger partial charge in [0, 0.05) is 19.0 Å². The van der Waals surface area contributed by atoms with Crippen LogP contribution in [0.3, 0.4) is 0 Å². The van der Waals surface area contributed by atoms with Crippen LogP contribution in [0.15, 0.2) is 18.2 Å². The van der Waals surface area contributed by atoms with Crippen molar-refractivity contribution in [2.24, 2.45) is 0 Å². The zero-order chi connectivity index (χ0) is 9.47. The number of alkyl halides is 1. The highest BCUT2D eigenvalue weighted by atomic mass is 127. The molecular formula is C10H10I2O. The largest absolute Gasteiger partial charge is 0.492 e. The molecule has 0 saturated heterocycles. The van der Waals surface area contributed by atoms with E-state index in [0.717, 1.165) is 16.8 Å². The van der Waals surface area contributed by atoms with Crippen molar-refractivity contribution in [1.82, 2.24) is 0 Å². The third kappa shape index (κ3) is 1.69. The summed E-state index contributed by atoms with van der Waals surface area (Å²) < 4.78 is 8.05. The molecule has 1 aromatic carbocycles. The number of hydrogen-bond acceptors (Lipinski definition) is 1.